The zero-order valence-corrected chi connectivity index (χ0v) is 21.6. The Kier molecular flexibility index (Phi) is 9.44. The number of hydrogen-bond donors (Lipinski definition) is 3. The first-order chi connectivity index (χ1) is 16.2. The van der Waals surface area contributed by atoms with Crippen molar-refractivity contribution < 1.29 is 19.2 Å². The lowest BCUT2D eigenvalue weighted by atomic mass is 10.1. The van der Waals surface area contributed by atoms with E-state index in [1.54, 1.807) is 0 Å². The zero-order chi connectivity index (χ0) is 24.7. The van der Waals surface area contributed by atoms with Gasteiger partial charge in [0.15, 0.2) is 0 Å². The third-order valence-electron chi connectivity index (χ3n) is 6.16. The van der Waals surface area contributed by atoms with Gasteiger partial charge < -0.3 is 16.0 Å². The first kappa shape index (κ1) is 26.6. The van der Waals surface area contributed by atoms with Gasteiger partial charge in [-0.3, -0.25) is 24.1 Å². The highest BCUT2D eigenvalue weighted by Crippen LogP contribution is 2.51. The van der Waals surface area contributed by atoms with Gasteiger partial charge in [-0.2, -0.15) is 0 Å². The highest BCUT2D eigenvalue weighted by Gasteiger charge is 2.48. The number of amides is 3. The number of likely N-dealkylation sites (tertiary alicyclic amines) is 1. The molecule has 186 valence electrons. The average molecular weight is 507 g/mol. The van der Waals surface area contributed by atoms with Gasteiger partial charge in [0.05, 0.1) is 28.7 Å². The van der Waals surface area contributed by atoms with E-state index in [4.69, 9.17) is 0 Å². The van der Waals surface area contributed by atoms with Gasteiger partial charge in [0.2, 0.25) is 17.6 Å². The van der Waals surface area contributed by atoms with E-state index in [0.717, 1.165) is 30.0 Å². The standard InChI is InChI=1S/C24H34N4O4S2/c1-4-8-18(27-22(31)19-13-24(15-28(19)3)33-11-12-34-24)21(30)23(32)25-14-20(29)26-16(2)17-9-6-5-7-10-17/h5-7,9-10,16,18-19H,4,8,11-15H2,1-3H3,(H,25,32)(H,26,29)(H,27,31)/t16-,18?,19?/m1/s1. The van der Waals surface area contributed by atoms with Crippen LogP contribution in [0.5, 0.6) is 0 Å². The van der Waals surface area contributed by atoms with Gasteiger partial charge in [0.25, 0.3) is 5.91 Å². The molecule has 1 aromatic carbocycles. The summed E-state index contributed by atoms with van der Waals surface area (Å²) in [4.78, 5) is 52.6. The molecule has 3 amide bonds. The number of thioether (sulfide) groups is 2. The van der Waals surface area contributed by atoms with Crippen molar-refractivity contribution in [3.63, 3.8) is 0 Å². The first-order valence-electron chi connectivity index (χ1n) is 11.7. The van der Waals surface area contributed by atoms with E-state index in [0.29, 0.717) is 12.8 Å². The van der Waals surface area contributed by atoms with Crippen LogP contribution in [0.2, 0.25) is 0 Å². The molecule has 3 atom stereocenters. The summed E-state index contributed by atoms with van der Waals surface area (Å²) in [6.07, 6.45) is 1.72. The Bertz CT molecular complexity index is 892. The van der Waals surface area contributed by atoms with Crippen molar-refractivity contribution in [2.75, 3.05) is 31.6 Å². The van der Waals surface area contributed by atoms with Crippen molar-refractivity contribution in [1.82, 2.24) is 20.9 Å². The maximum Gasteiger partial charge on any atom is 0.290 e. The quantitative estimate of drug-likeness (QED) is 0.415. The molecular formula is C24H34N4O4S2. The first-order valence-corrected chi connectivity index (χ1v) is 13.7. The SMILES string of the molecule is CCCC(NC(=O)C1CC2(CN1C)SCCS2)C(=O)C(=O)NCC(=O)N[C@H](C)c1ccccc1. The summed E-state index contributed by atoms with van der Waals surface area (Å²) >= 11 is 3.80. The molecule has 0 saturated carbocycles. The number of likely N-dealkylation sites (N-methyl/N-ethyl adjacent to an activating group) is 1. The van der Waals surface area contributed by atoms with Gasteiger partial charge >= 0.3 is 0 Å². The highest BCUT2D eigenvalue weighted by molar-refractivity contribution is 8.21. The lowest BCUT2D eigenvalue weighted by molar-refractivity contribution is -0.141. The lowest BCUT2D eigenvalue weighted by Gasteiger charge is -2.22. The van der Waals surface area contributed by atoms with Gasteiger partial charge in [0.1, 0.15) is 0 Å². The molecule has 0 aliphatic carbocycles. The second-order valence-electron chi connectivity index (χ2n) is 8.84. The Labute approximate surface area is 209 Å². The fraction of sp³-hybridized carbons (Fsp3) is 0.583. The fourth-order valence-corrected chi connectivity index (χ4v) is 7.74. The molecule has 8 nitrogen and oxygen atoms in total. The van der Waals surface area contributed by atoms with Crippen LogP contribution in [-0.4, -0.2) is 76.2 Å². The topological polar surface area (TPSA) is 108 Å². The van der Waals surface area contributed by atoms with Crippen LogP contribution in [-0.2, 0) is 19.2 Å². The molecule has 1 aromatic rings. The molecule has 2 aliphatic rings. The monoisotopic (exact) mass is 506 g/mol. The molecule has 0 bridgehead atoms. The number of hydrogen-bond acceptors (Lipinski definition) is 7. The Morgan fingerprint density at radius 1 is 1.12 bits per heavy atom. The molecule has 3 N–H and O–H groups in total. The van der Waals surface area contributed by atoms with Crippen LogP contribution in [0, 0.1) is 0 Å². The van der Waals surface area contributed by atoms with Crippen molar-refractivity contribution in [1.29, 1.82) is 0 Å². The van der Waals surface area contributed by atoms with Crippen LogP contribution in [0.1, 0.15) is 44.7 Å². The largest absolute Gasteiger partial charge is 0.348 e. The number of nitrogens with one attached hydrogen (secondary N) is 3. The molecule has 10 heteroatoms. The molecule has 2 heterocycles. The van der Waals surface area contributed by atoms with Crippen molar-refractivity contribution in [2.45, 2.75) is 55.3 Å². The molecule has 2 fully saturated rings. The summed E-state index contributed by atoms with van der Waals surface area (Å²) in [6.45, 7) is 4.26. The second-order valence-corrected chi connectivity index (χ2v) is 12.1. The van der Waals surface area contributed by atoms with E-state index >= 15 is 0 Å². The summed E-state index contributed by atoms with van der Waals surface area (Å²) in [7, 11) is 1.93. The Hall–Kier alpha value is -2.04. The normalized spacial score (nSPS) is 21.1. The Balaban J connectivity index is 1.50. The molecule has 34 heavy (non-hydrogen) atoms. The summed E-state index contributed by atoms with van der Waals surface area (Å²) in [5.41, 5.74) is 0.942. The summed E-state index contributed by atoms with van der Waals surface area (Å²) in [5.74, 6) is -0.0263. The summed E-state index contributed by atoms with van der Waals surface area (Å²) < 4.78 is 0.0443. The fourth-order valence-electron chi connectivity index (χ4n) is 4.35. The van der Waals surface area contributed by atoms with E-state index in [1.165, 1.54) is 0 Å². The van der Waals surface area contributed by atoms with Gasteiger partial charge in [-0.15, -0.1) is 23.5 Å². The number of nitrogens with zero attached hydrogens (tertiary/aromatic N) is 1. The number of rotatable bonds is 10. The van der Waals surface area contributed by atoms with Crippen molar-refractivity contribution in [3.8, 4) is 0 Å². The molecule has 2 saturated heterocycles. The number of carbonyl (C=O) groups excluding carboxylic acids is 4. The predicted molar refractivity (Wildman–Crippen MR) is 137 cm³/mol. The van der Waals surface area contributed by atoms with Gasteiger partial charge in [0, 0.05) is 18.1 Å². The zero-order valence-electron chi connectivity index (χ0n) is 20.0. The third-order valence-corrected chi connectivity index (χ3v) is 9.59. The molecule has 0 aromatic heterocycles. The lowest BCUT2D eigenvalue weighted by Crippen LogP contribution is -2.52. The summed E-state index contributed by atoms with van der Waals surface area (Å²) in [5, 5.41) is 8.01. The minimum Gasteiger partial charge on any atom is -0.348 e. The molecule has 3 rings (SSSR count). The van der Waals surface area contributed by atoms with Crippen LogP contribution in [0.15, 0.2) is 30.3 Å². The van der Waals surface area contributed by atoms with Crippen LogP contribution in [0.3, 0.4) is 0 Å². The van der Waals surface area contributed by atoms with Crippen LogP contribution in [0.4, 0.5) is 0 Å². The van der Waals surface area contributed by atoms with Crippen molar-refractivity contribution in [2.24, 2.45) is 0 Å². The third kappa shape index (κ3) is 6.76. The van der Waals surface area contributed by atoms with E-state index in [9.17, 15) is 19.2 Å². The van der Waals surface area contributed by atoms with Gasteiger partial charge in [-0.05, 0) is 32.4 Å². The molecule has 0 radical (unpaired) electrons. The van der Waals surface area contributed by atoms with Gasteiger partial charge in [-0.1, -0.05) is 43.7 Å². The molecule has 1 spiro atoms. The van der Waals surface area contributed by atoms with Crippen molar-refractivity contribution >= 4 is 47.0 Å². The van der Waals surface area contributed by atoms with Crippen LogP contribution < -0.4 is 16.0 Å². The number of ketones is 1. The highest BCUT2D eigenvalue weighted by atomic mass is 32.2. The maximum absolute atomic E-state index is 13.0. The predicted octanol–water partition coefficient (Wildman–Crippen LogP) is 1.71. The van der Waals surface area contributed by atoms with E-state index < -0.39 is 23.6 Å². The Morgan fingerprint density at radius 2 is 1.79 bits per heavy atom. The van der Waals surface area contributed by atoms with Gasteiger partial charge in [-0.25, -0.2) is 0 Å². The maximum atomic E-state index is 13.0. The van der Waals surface area contributed by atoms with Crippen LogP contribution in [0.25, 0.3) is 0 Å². The minimum absolute atomic E-state index is 0.0443. The molecular weight excluding hydrogens is 472 g/mol. The van der Waals surface area contributed by atoms with Crippen LogP contribution >= 0.6 is 23.5 Å². The Morgan fingerprint density at radius 3 is 2.44 bits per heavy atom. The second kappa shape index (κ2) is 12.1. The number of benzene rings is 1. The van der Waals surface area contributed by atoms with E-state index in [1.807, 2.05) is 79.7 Å². The number of carbonyl (C=O) groups is 4. The number of Topliss-reactive ketones (excluding diaryl/α,β-unsaturated/α-hetero) is 1. The molecule has 2 unspecified atom stereocenters. The minimum atomic E-state index is -0.905. The average Bonchev–Trinajstić information content (AvgIpc) is 3.42. The van der Waals surface area contributed by atoms with Crippen molar-refractivity contribution in [3.05, 3.63) is 35.9 Å². The smallest absolute Gasteiger partial charge is 0.290 e. The summed E-state index contributed by atoms with van der Waals surface area (Å²) in [6, 6.07) is 8.01. The van der Waals surface area contributed by atoms with E-state index in [2.05, 4.69) is 16.0 Å². The van der Waals surface area contributed by atoms with E-state index in [-0.39, 0.29) is 28.6 Å². The molecule has 2 aliphatic heterocycles.